The highest BCUT2D eigenvalue weighted by molar-refractivity contribution is 7.09. The molecule has 22 heavy (non-hydrogen) atoms. The molecule has 0 radical (unpaired) electrons. The van der Waals surface area contributed by atoms with Crippen LogP contribution in [0.3, 0.4) is 0 Å². The number of hydrogen-bond acceptors (Lipinski definition) is 4. The van der Waals surface area contributed by atoms with Crippen LogP contribution in [0, 0.1) is 0 Å². The molecule has 1 aromatic rings. The molecule has 0 unspecified atom stereocenters. The van der Waals surface area contributed by atoms with Crippen molar-refractivity contribution in [2.75, 3.05) is 7.11 Å². The number of carbonyl (C=O) groups is 1. The van der Waals surface area contributed by atoms with E-state index in [1.807, 2.05) is 6.92 Å². The normalized spacial score (nSPS) is 26.5. The molecule has 5 nitrogen and oxygen atoms in total. The average Bonchev–Trinajstić information content (AvgIpc) is 3.24. The van der Waals surface area contributed by atoms with E-state index < -0.39 is 0 Å². The number of carbonyl (C=O) groups excluding carboxylic acids is 1. The topological polar surface area (TPSA) is 63.2 Å². The van der Waals surface area contributed by atoms with Crippen LogP contribution in [0.15, 0.2) is 5.38 Å². The minimum atomic E-state index is -0.123. The summed E-state index contributed by atoms with van der Waals surface area (Å²) in [6.07, 6.45) is 6.99. The molecule has 122 valence electrons. The van der Waals surface area contributed by atoms with Gasteiger partial charge in [-0.25, -0.2) is 9.78 Å². The van der Waals surface area contributed by atoms with E-state index in [-0.39, 0.29) is 24.2 Å². The molecule has 0 saturated heterocycles. The summed E-state index contributed by atoms with van der Waals surface area (Å²) >= 11 is 1.71. The molecular weight excluding hydrogens is 298 g/mol. The highest BCUT2D eigenvalue weighted by Crippen LogP contribution is 2.41. The molecule has 0 aliphatic heterocycles. The quantitative estimate of drug-likeness (QED) is 0.873. The maximum absolute atomic E-state index is 12.2. The van der Waals surface area contributed by atoms with Crippen LogP contribution >= 0.6 is 11.3 Å². The standard InChI is InChI=1S/C16H25N3O2S/c1-10(13-9-22-15(18-13)11-7-8-11)17-16(20)19-12-5-3-4-6-14(12)21-2/h9-12,14H,3-8H2,1-2H3,(H2,17,19,20)/t10-,12-,14-/m1/s1. The summed E-state index contributed by atoms with van der Waals surface area (Å²) in [6, 6.07) is -0.0702. The fourth-order valence-electron chi connectivity index (χ4n) is 3.04. The summed E-state index contributed by atoms with van der Waals surface area (Å²) in [6.45, 7) is 1.99. The third kappa shape index (κ3) is 3.79. The van der Waals surface area contributed by atoms with E-state index in [9.17, 15) is 4.79 Å². The van der Waals surface area contributed by atoms with Crippen LogP contribution in [0.1, 0.15) is 68.1 Å². The van der Waals surface area contributed by atoms with Crippen LogP contribution in [0.25, 0.3) is 0 Å². The molecule has 0 bridgehead atoms. The lowest BCUT2D eigenvalue weighted by atomic mass is 9.92. The van der Waals surface area contributed by atoms with Gasteiger partial charge in [-0.1, -0.05) is 12.8 Å². The fraction of sp³-hybridized carbons (Fsp3) is 0.750. The lowest BCUT2D eigenvalue weighted by Gasteiger charge is -2.31. The first-order valence-electron chi connectivity index (χ1n) is 8.22. The van der Waals surface area contributed by atoms with Crippen molar-refractivity contribution in [3.05, 3.63) is 16.1 Å². The van der Waals surface area contributed by atoms with Gasteiger partial charge < -0.3 is 15.4 Å². The Hall–Kier alpha value is -1.14. The number of rotatable bonds is 5. The molecule has 2 fully saturated rings. The van der Waals surface area contributed by atoms with Gasteiger partial charge in [0.1, 0.15) is 0 Å². The Balaban J connectivity index is 1.51. The molecule has 3 rings (SSSR count). The third-order valence-electron chi connectivity index (χ3n) is 4.58. The number of ether oxygens (including phenoxy) is 1. The van der Waals surface area contributed by atoms with E-state index in [0.717, 1.165) is 25.0 Å². The predicted molar refractivity (Wildman–Crippen MR) is 87.2 cm³/mol. The van der Waals surface area contributed by atoms with Crippen molar-refractivity contribution in [2.24, 2.45) is 0 Å². The molecule has 2 amide bonds. The Morgan fingerprint density at radius 2 is 2.14 bits per heavy atom. The molecule has 3 atom stereocenters. The maximum atomic E-state index is 12.2. The molecular formula is C16H25N3O2S. The lowest BCUT2D eigenvalue weighted by molar-refractivity contribution is 0.0451. The van der Waals surface area contributed by atoms with Gasteiger partial charge in [0.2, 0.25) is 0 Å². The number of urea groups is 1. The second kappa shape index (κ2) is 6.96. The zero-order chi connectivity index (χ0) is 15.5. The highest BCUT2D eigenvalue weighted by atomic mass is 32.1. The Labute approximate surface area is 135 Å². The Bertz CT molecular complexity index is 515. The van der Waals surface area contributed by atoms with Crippen LogP contribution in [0.4, 0.5) is 4.79 Å². The van der Waals surface area contributed by atoms with Crippen molar-refractivity contribution in [1.82, 2.24) is 15.6 Å². The maximum Gasteiger partial charge on any atom is 0.315 e. The van der Waals surface area contributed by atoms with Crippen molar-refractivity contribution in [2.45, 2.75) is 69.6 Å². The van der Waals surface area contributed by atoms with Gasteiger partial charge >= 0.3 is 6.03 Å². The van der Waals surface area contributed by atoms with Gasteiger partial charge in [-0.05, 0) is 32.6 Å². The first kappa shape index (κ1) is 15.7. The SMILES string of the molecule is CO[C@@H]1CCCC[C@H]1NC(=O)N[C@H](C)c1csc(C2CC2)n1. The zero-order valence-corrected chi connectivity index (χ0v) is 14.1. The van der Waals surface area contributed by atoms with Crippen molar-refractivity contribution in [3.63, 3.8) is 0 Å². The van der Waals surface area contributed by atoms with E-state index in [0.29, 0.717) is 5.92 Å². The van der Waals surface area contributed by atoms with Crippen LogP contribution < -0.4 is 10.6 Å². The zero-order valence-electron chi connectivity index (χ0n) is 13.3. The largest absolute Gasteiger partial charge is 0.379 e. The van der Waals surface area contributed by atoms with Gasteiger partial charge in [0.15, 0.2) is 0 Å². The number of hydrogen-bond donors (Lipinski definition) is 2. The molecule has 6 heteroatoms. The van der Waals surface area contributed by atoms with Crippen LogP contribution in [0.5, 0.6) is 0 Å². The summed E-state index contributed by atoms with van der Waals surface area (Å²) < 4.78 is 5.48. The van der Waals surface area contributed by atoms with Gasteiger partial charge in [0, 0.05) is 18.4 Å². The predicted octanol–water partition coefficient (Wildman–Crippen LogP) is 3.34. The number of amides is 2. The molecule has 0 spiro atoms. The number of methoxy groups -OCH3 is 1. The van der Waals surface area contributed by atoms with Gasteiger partial charge in [-0.3, -0.25) is 0 Å². The second-order valence-corrected chi connectivity index (χ2v) is 7.28. The van der Waals surface area contributed by atoms with Crippen molar-refractivity contribution >= 4 is 17.4 Å². The lowest BCUT2D eigenvalue weighted by Crippen LogP contribution is -2.50. The Kier molecular flexibility index (Phi) is 4.98. The number of nitrogens with one attached hydrogen (secondary N) is 2. The van der Waals surface area contributed by atoms with E-state index in [1.54, 1.807) is 18.4 Å². The van der Waals surface area contributed by atoms with E-state index in [1.165, 1.54) is 24.3 Å². The summed E-state index contributed by atoms with van der Waals surface area (Å²) in [5.74, 6) is 0.671. The van der Waals surface area contributed by atoms with Gasteiger partial charge in [0.05, 0.1) is 28.9 Å². The van der Waals surface area contributed by atoms with E-state index >= 15 is 0 Å². The highest BCUT2D eigenvalue weighted by Gasteiger charge is 2.28. The smallest absolute Gasteiger partial charge is 0.315 e. The van der Waals surface area contributed by atoms with Gasteiger partial charge in [-0.2, -0.15) is 0 Å². The number of nitrogens with zero attached hydrogens (tertiary/aromatic N) is 1. The second-order valence-electron chi connectivity index (χ2n) is 6.39. The molecule has 2 N–H and O–H groups in total. The average molecular weight is 323 g/mol. The van der Waals surface area contributed by atoms with Crippen molar-refractivity contribution < 1.29 is 9.53 Å². The molecule has 2 aliphatic rings. The summed E-state index contributed by atoms with van der Waals surface area (Å²) in [5, 5.41) is 9.35. The first-order valence-corrected chi connectivity index (χ1v) is 9.10. The molecule has 0 aromatic carbocycles. The van der Waals surface area contributed by atoms with Gasteiger partial charge in [0.25, 0.3) is 0 Å². The van der Waals surface area contributed by atoms with Crippen LogP contribution in [-0.4, -0.2) is 30.3 Å². The summed E-state index contributed by atoms with van der Waals surface area (Å²) in [5.41, 5.74) is 0.967. The summed E-state index contributed by atoms with van der Waals surface area (Å²) in [4.78, 5) is 16.9. The minimum Gasteiger partial charge on any atom is -0.379 e. The molecule has 2 aliphatic carbocycles. The Morgan fingerprint density at radius 3 is 2.86 bits per heavy atom. The number of aromatic nitrogens is 1. The van der Waals surface area contributed by atoms with Crippen LogP contribution in [0.2, 0.25) is 0 Å². The van der Waals surface area contributed by atoms with E-state index in [4.69, 9.17) is 4.74 Å². The molecule has 1 aromatic heterocycles. The van der Waals surface area contributed by atoms with Gasteiger partial charge in [-0.15, -0.1) is 11.3 Å². The summed E-state index contributed by atoms with van der Waals surface area (Å²) in [7, 11) is 1.72. The third-order valence-corrected chi connectivity index (χ3v) is 5.60. The Morgan fingerprint density at radius 1 is 1.36 bits per heavy atom. The minimum absolute atomic E-state index is 0.0617. The van der Waals surface area contributed by atoms with Crippen molar-refractivity contribution in [3.8, 4) is 0 Å². The monoisotopic (exact) mass is 323 g/mol. The van der Waals surface area contributed by atoms with Crippen LogP contribution in [-0.2, 0) is 4.74 Å². The van der Waals surface area contributed by atoms with Crippen molar-refractivity contribution in [1.29, 1.82) is 0 Å². The number of thiazole rings is 1. The molecule has 2 saturated carbocycles. The first-order chi connectivity index (χ1) is 10.7. The van der Waals surface area contributed by atoms with E-state index in [2.05, 4.69) is 21.0 Å². The molecule has 1 heterocycles. The fourth-order valence-corrected chi connectivity index (χ4v) is 4.13.